The highest BCUT2D eigenvalue weighted by Gasteiger charge is 2.35. The zero-order valence-corrected chi connectivity index (χ0v) is 12.2. The normalized spacial score (nSPS) is 29.7. The van der Waals surface area contributed by atoms with Crippen molar-refractivity contribution in [1.82, 2.24) is 19.5 Å². The van der Waals surface area contributed by atoms with Gasteiger partial charge in [-0.05, 0) is 6.92 Å². The fraction of sp³-hybridized carbons (Fsp3) is 0.615. The molecular weight excluding hydrogens is 306 g/mol. The summed E-state index contributed by atoms with van der Waals surface area (Å²) in [5.41, 5.74) is 5.85. The largest absolute Gasteiger partial charge is 0.473 e. The van der Waals surface area contributed by atoms with Gasteiger partial charge < -0.3 is 30.5 Å². The molecule has 0 bridgehead atoms. The molecule has 0 aliphatic carbocycles. The van der Waals surface area contributed by atoms with Crippen molar-refractivity contribution in [1.29, 1.82) is 0 Å². The van der Waals surface area contributed by atoms with E-state index in [2.05, 4.69) is 15.0 Å². The predicted molar refractivity (Wildman–Crippen MR) is 78.5 cm³/mol. The van der Waals surface area contributed by atoms with E-state index in [1.165, 1.54) is 10.9 Å². The molecule has 1 unspecified atom stereocenters. The summed E-state index contributed by atoms with van der Waals surface area (Å²) >= 11 is 0. The Morgan fingerprint density at radius 3 is 3.09 bits per heavy atom. The molecule has 1 fully saturated rings. The van der Waals surface area contributed by atoms with Gasteiger partial charge in [-0.25, -0.2) is 4.98 Å². The lowest BCUT2D eigenvalue weighted by Crippen LogP contribution is -2.24. The molecule has 3 rings (SSSR count). The van der Waals surface area contributed by atoms with Gasteiger partial charge in [0.05, 0.1) is 29.2 Å². The van der Waals surface area contributed by atoms with E-state index in [-0.39, 0.29) is 36.0 Å². The lowest BCUT2D eigenvalue weighted by Gasteiger charge is -2.14. The van der Waals surface area contributed by atoms with Gasteiger partial charge in [0.1, 0.15) is 18.9 Å². The van der Waals surface area contributed by atoms with Crippen LogP contribution in [0.15, 0.2) is 6.33 Å². The number of aromatic nitrogens is 4. The van der Waals surface area contributed by atoms with Crippen LogP contribution in [0.1, 0.15) is 23.7 Å². The molecule has 126 valence electrons. The first-order valence-corrected chi connectivity index (χ1v) is 6.89. The summed E-state index contributed by atoms with van der Waals surface area (Å²) in [4.78, 5) is 11.9. The summed E-state index contributed by atoms with van der Waals surface area (Å²) in [5, 5.41) is 28.7. The minimum atomic E-state index is -2.80. The van der Waals surface area contributed by atoms with Crippen LogP contribution in [0.2, 0.25) is 0 Å². The Kier molecular flexibility index (Phi) is 3.37. The summed E-state index contributed by atoms with van der Waals surface area (Å²) in [6, 6.07) is 0. The number of nitrogens with two attached hydrogens (primary N) is 1. The van der Waals surface area contributed by atoms with Crippen molar-refractivity contribution in [2.45, 2.75) is 37.9 Å². The predicted octanol–water partition coefficient (Wildman–Crippen LogP) is -1.19. The van der Waals surface area contributed by atoms with Crippen LogP contribution in [0, 0.1) is 0 Å². The monoisotopic (exact) mass is 328 g/mol. The highest BCUT2D eigenvalue weighted by Crippen LogP contribution is 2.32. The molecule has 0 saturated carbocycles. The lowest BCUT2D eigenvalue weighted by atomic mass is 10.2. The van der Waals surface area contributed by atoms with E-state index in [4.69, 9.17) is 19.3 Å². The molecule has 23 heavy (non-hydrogen) atoms. The maximum absolute atomic E-state index is 9.88. The lowest BCUT2D eigenvalue weighted by molar-refractivity contribution is -0.0432. The van der Waals surface area contributed by atoms with E-state index in [9.17, 15) is 15.3 Å². The first-order valence-electron chi connectivity index (χ1n) is 8.39. The number of hydrogen-bond donors (Lipinski definition) is 4. The smallest absolute Gasteiger partial charge is 0.247 e. The van der Waals surface area contributed by atoms with Crippen LogP contribution in [0.25, 0.3) is 11.2 Å². The van der Waals surface area contributed by atoms with Crippen molar-refractivity contribution >= 4 is 17.1 Å². The van der Waals surface area contributed by atoms with Crippen LogP contribution < -0.4 is 10.5 Å². The first kappa shape index (κ1) is 12.4. The Hall–Kier alpha value is -2.01. The van der Waals surface area contributed by atoms with Crippen LogP contribution >= 0.6 is 0 Å². The van der Waals surface area contributed by atoms with Gasteiger partial charge in [0.2, 0.25) is 11.8 Å². The Balaban J connectivity index is 2.00. The third-order valence-corrected chi connectivity index (χ3v) is 3.40. The number of aliphatic hydroxyl groups excluding tert-OH is 2. The van der Waals surface area contributed by atoms with Crippen LogP contribution in [0.4, 0.5) is 5.95 Å². The summed E-state index contributed by atoms with van der Waals surface area (Å²) in [6.07, 6.45) is -3.35. The average molecular weight is 328 g/mol. The second-order valence-corrected chi connectivity index (χ2v) is 5.12. The first-order chi connectivity index (χ1) is 12.0. The molecule has 0 aromatic carbocycles. The van der Waals surface area contributed by atoms with Gasteiger partial charge in [-0.2, -0.15) is 9.97 Å². The second kappa shape index (κ2) is 6.24. The highest BCUT2D eigenvalue weighted by molar-refractivity contribution is 5.77. The number of hydrogen-bond acceptors (Lipinski definition) is 9. The maximum Gasteiger partial charge on any atom is 0.247 e. The van der Waals surface area contributed by atoms with Crippen LogP contribution in [0.3, 0.4) is 0 Å². The zero-order valence-electron chi connectivity index (χ0n) is 15.2. The number of aliphatic hydroxyl groups is 3. The van der Waals surface area contributed by atoms with Crippen molar-refractivity contribution in [3.63, 3.8) is 0 Å². The molecule has 0 radical (unpaired) electrons. The number of nitrogens with zero attached hydrogens (tertiary/aromatic N) is 4. The third-order valence-electron chi connectivity index (χ3n) is 3.40. The highest BCUT2D eigenvalue weighted by atomic mass is 16.5. The van der Waals surface area contributed by atoms with Crippen molar-refractivity contribution < 1.29 is 28.9 Å². The van der Waals surface area contributed by atoms with Crippen molar-refractivity contribution in [2.24, 2.45) is 0 Å². The Bertz CT molecular complexity index is 811. The summed E-state index contributed by atoms with van der Waals surface area (Å²) < 4.78 is 34.9. The molecule has 0 amide bonds. The number of rotatable bonds is 5. The van der Waals surface area contributed by atoms with Gasteiger partial charge in [0, 0.05) is 6.42 Å². The van der Waals surface area contributed by atoms with Gasteiger partial charge in [0.15, 0.2) is 11.2 Å². The number of ether oxygens (including phenoxy) is 2. The van der Waals surface area contributed by atoms with E-state index in [1.807, 2.05) is 0 Å². The topological polar surface area (TPSA) is 149 Å². The molecule has 10 heteroatoms. The Labute approximate surface area is 135 Å². The Morgan fingerprint density at radius 1 is 1.65 bits per heavy atom. The SMILES string of the molecule is [2H]C(C)(O)C([2H])([2H])Oc1nc(N)nc2c1ncn2[C@H]1C[C@@H](O)[C@@H](CO)O1. The van der Waals surface area contributed by atoms with Gasteiger partial charge in [-0.1, -0.05) is 0 Å². The molecule has 10 nitrogen and oxygen atoms in total. The van der Waals surface area contributed by atoms with Crippen molar-refractivity contribution in [2.75, 3.05) is 18.9 Å². The van der Waals surface area contributed by atoms with Gasteiger partial charge >= 0.3 is 0 Å². The van der Waals surface area contributed by atoms with E-state index in [0.717, 1.165) is 6.92 Å². The van der Waals surface area contributed by atoms with E-state index < -0.39 is 31.1 Å². The van der Waals surface area contributed by atoms with E-state index in [1.54, 1.807) is 0 Å². The fourth-order valence-electron chi connectivity index (χ4n) is 2.36. The average Bonchev–Trinajstić information content (AvgIpc) is 3.08. The van der Waals surface area contributed by atoms with Gasteiger partial charge in [-0.15, -0.1) is 0 Å². The molecule has 4 atom stereocenters. The van der Waals surface area contributed by atoms with Gasteiger partial charge in [-0.3, -0.25) is 4.57 Å². The van der Waals surface area contributed by atoms with Gasteiger partial charge in [0.25, 0.3) is 0 Å². The molecule has 5 N–H and O–H groups in total. The molecule has 3 heterocycles. The quantitative estimate of drug-likeness (QED) is 0.531. The summed E-state index contributed by atoms with van der Waals surface area (Å²) in [7, 11) is 0. The summed E-state index contributed by atoms with van der Waals surface area (Å²) in [5.74, 6) is -0.590. The molecular formula is C13H19N5O5. The zero-order chi connectivity index (χ0) is 19.3. The molecule has 0 spiro atoms. The van der Waals surface area contributed by atoms with Crippen molar-refractivity contribution in [3.05, 3.63) is 6.33 Å². The number of anilines is 1. The molecule has 1 saturated heterocycles. The molecule has 2 aromatic heterocycles. The number of imidazole rings is 1. The van der Waals surface area contributed by atoms with Crippen LogP contribution in [-0.2, 0) is 4.74 Å². The number of fused-ring (bicyclic) bond motifs is 1. The standard InChI is InChI=1S/C13H19N5O5/c1-6(20)4-22-12-10-11(16-13(14)17-12)18(5-15-10)9-2-7(21)8(3-19)23-9/h5-9,19-21H,2-4H2,1H3,(H2,14,16,17)/t6?,7-,8-,9-/m1/s1/i4D2,6D. The molecule has 1 aliphatic heterocycles. The molecule has 1 aliphatic rings. The van der Waals surface area contributed by atoms with Crippen molar-refractivity contribution in [3.8, 4) is 5.88 Å². The summed E-state index contributed by atoms with van der Waals surface area (Å²) in [6.45, 7) is -2.22. The number of nitrogen functional groups attached to an aromatic ring is 1. The molecule has 2 aromatic rings. The minimum Gasteiger partial charge on any atom is -0.473 e. The van der Waals surface area contributed by atoms with Crippen LogP contribution in [0.5, 0.6) is 5.88 Å². The minimum absolute atomic E-state index is 0.0397. The Morgan fingerprint density at radius 2 is 2.43 bits per heavy atom. The van der Waals surface area contributed by atoms with E-state index in [0.29, 0.717) is 0 Å². The second-order valence-electron chi connectivity index (χ2n) is 5.12. The fourth-order valence-corrected chi connectivity index (χ4v) is 2.36. The van der Waals surface area contributed by atoms with Crippen LogP contribution in [-0.4, -0.2) is 66.3 Å². The van der Waals surface area contributed by atoms with E-state index >= 15 is 0 Å². The third kappa shape index (κ3) is 3.06. The maximum atomic E-state index is 9.88.